The number of hydrogen-bond acceptors (Lipinski definition) is 8. The summed E-state index contributed by atoms with van der Waals surface area (Å²) in [5.41, 5.74) is 4.08. The lowest BCUT2D eigenvalue weighted by atomic mass is 9.78. The van der Waals surface area contributed by atoms with Crippen molar-refractivity contribution >= 4 is 22.9 Å². The highest BCUT2D eigenvalue weighted by Gasteiger charge is 2.37. The van der Waals surface area contributed by atoms with Crippen LogP contribution in [0.4, 0.5) is 0 Å². The fourth-order valence-electron chi connectivity index (χ4n) is 9.17. The number of hydrazine groups is 1. The van der Waals surface area contributed by atoms with E-state index in [1.165, 1.54) is 162 Å². The molecule has 0 saturated carbocycles. The second-order valence-corrected chi connectivity index (χ2v) is 16.6. The van der Waals surface area contributed by atoms with Crippen molar-refractivity contribution in [2.75, 3.05) is 112 Å². The molecule has 6 saturated heterocycles. The maximum absolute atomic E-state index is 4.08. The molecule has 6 fully saturated rings. The summed E-state index contributed by atoms with van der Waals surface area (Å²) in [5, 5.41) is 2.59. The topological polar surface area (TPSA) is 34.7 Å². The van der Waals surface area contributed by atoms with Gasteiger partial charge in [0.1, 0.15) is 0 Å². The fraction of sp³-hybridized carbons (Fsp3) is 1.00. The minimum Gasteiger partial charge on any atom is -0.306 e. The average Bonchev–Trinajstić information content (AvgIpc) is 2.99. The van der Waals surface area contributed by atoms with E-state index in [0.29, 0.717) is 6.17 Å². The van der Waals surface area contributed by atoms with Crippen molar-refractivity contribution in [3.8, 4) is 0 Å². The first kappa shape index (κ1) is 32.4. The summed E-state index contributed by atoms with van der Waals surface area (Å²) in [6.07, 6.45) is 14.6. The molecule has 0 bridgehead atoms. The van der Waals surface area contributed by atoms with E-state index < -0.39 is 0 Å². The predicted octanol–water partition coefficient (Wildman–Crippen LogP) is 3.36. The van der Waals surface area contributed by atoms with Crippen LogP contribution in [0.3, 0.4) is 0 Å². The van der Waals surface area contributed by atoms with E-state index in [0.717, 1.165) is 29.7 Å². The van der Waals surface area contributed by atoms with Gasteiger partial charge < -0.3 is 14.7 Å². The molecule has 1 atom stereocenters. The first-order valence-electron chi connectivity index (χ1n) is 18.0. The number of piperazine rings is 1. The molecule has 9 heteroatoms. The van der Waals surface area contributed by atoms with Crippen molar-refractivity contribution in [1.82, 2.24) is 38.0 Å². The van der Waals surface area contributed by atoms with Gasteiger partial charge in [-0.15, -0.1) is 0 Å². The van der Waals surface area contributed by atoms with Gasteiger partial charge in [-0.1, -0.05) is 0 Å². The van der Waals surface area contributed by atoms with Gasteiger partial charge in [-0.2, -0.15) is 0 Å². The average molecular weight is 699 g/mol. The van der Waals surface area contributed by atoms with Gasteiger partial charge in [0.05, 0.1) is 6.17 Å². The first-order valence-corrected chi connectivity index (χ1v) is 18.9. The van der Waals surface area contributed by atoms with Gasteiger partial charge >= 0.3 is 0 Å². The maximum atomic E-state index is 4.08. The summed E-state index contributed by atoms with van der Waals surface area (Å²) in [6.45, 7) is 19.2. The number of halogens is 1. The smallest absolute Gasteiger partial charge is 0.0860 e. The van der Waals surface area contributed by atoms with Crippen molar-refractivity contribution in [2.24, 2.45) is 23.7 Å². The minimum absolute atomic E-state index is 0.487. The molecule has 242 valence electrons. The van der Waals surface area contributed by atoms with Crippen LogP contribution in [0.15, 0.2) is 0 Å². The molecule has 0 aromatic rings. The summed E-state index contributed by atoms with van der Waals surface area (Å²) < 4.78 is 2.48. The molecule has 0 aromatic heterocycles. The third-order valence-electron chi connectivity index (χ3n) is 12.2. The quantitative estimate of drug-likeness (QED) is 0.275. The van der Waals surface area contributed by atoms with Gasteiger partial charge in [-0.3, -0.25) is 9.80 Å². The van der Waals surface area contributed by atoms with Crippen molar-refractivity contribution in [1.29, 1.82) is 0 Å². The van der Waals surface area contributed by atoms with Gasteiger partial charge in [0.25, 0.3) is 0 Å². The first-order chi connectivity index (χ1) is 20.5. The zero-order valence-electron chi connectivity index (χ0n) is 27.2. The minimum atomic E-state index is 0.487. The van der Waals surface area contributed by atoms with Gasteiger partial charge in [-0.05, 0) is 148 Å². The summed E-state index contributed by atoms with van der Waals surface area (Å²) in [5.74, 6) is 3.80. The third-order valence-corrected chi connectivity index (χ3v) is 13.2. The van der Waals surface area contributed by atoms with E-state index in [9.17, 15) is 0 Å². The lowest BCUT2D eigenvalue weighted by molar-refractivity contribution is -0.0604. The van der Waals surface area contributed by atoms with Crippen molar-refractivity contribution in [3.05, 3.63) is 0 Å². The Bertz CT molecular complexity index is 779. The Balaban J connectivity index is 0.934. The molecular weight excluding hydrogens is 635 g/mol. The Morgan fingerprint density at radius 1 is 0.643 bits per heavy atom. The Labute approximate surface area is 272 Å². The molecular formula is C33H63IN8. The molecule has 0 aromatic carbocycles. The van der Waals surface area contributed by atoms with Gasteiger partial charge in [0.15, 0.2) is 0 Å². The van der Waals surface area contributed by atoms with Crippen molar-refractivity contribution < 1.29 is 0 Å². The summed E-state index contributed by atoms with van der Waals surface area (Å²) >= 11 is 2.51. The number of nitrogens with one attached hydrogen (secondary N) is 1. The second kappa shape index (κ2) is 15.8. The van der Waals surface area contributed by atoms with Crippen LogP contribution in [0.1, 0.15) is 64.2 Å². The number of hydrogen-bond donors (Lipinski definition) is 1. The number of rotatable bonds is 10. The molecule has 6 aliphatic rings. The van der Waals surface area contributed by atoms with Crippen molar-refractivity contribution in [2.45, 2.75) is 76.4 Å². The number of likely N-dealkylation sites (tertiary alicyclic amines) is 3. The van der Waals surface area contributed by atoms with E-state index in [-0.39, 0.29) is 0 Å². The Morgan fingerprint density at radius 2 is 1.26 bits per heavy atom. The lowest BCUT2D eigenvalue weighted by Gasteiger charge is -2.50. The van der Waals surface area contributed by atoms with E-state index >= 15 is 0 Å². The molecule has 6 heterocycles. The third kappa shape index (κ3) is 9.02. The molecule has 8 nitrogen and oxygen atoms in total. The Morgan fingerprint density at radius 3 is 1.93 bits per heavy atom. The molecule has 6 aliphatic heterocycles. The molecule has 0 spiro atoms. The van der Waals surface area contributed by atoms with Crippen LogP contribution in [-0.2, 0) is 0 Å². The van der Waals surface area contributed by atoms with Crippen LogP contribution in [0.25, 0.3) is 0 Å². The summed E-state index contributed by atoms with van der Waals surface area (Å²) in [4.78, 5) is 13.5. The fourth-order valence-corrected chi connectivity index (χ4v) is 9.73. The Hall–Kier alpha value is 0.410. The summed E-state index contributed by atoms with van der Waals surface area (Å²) in [6, 6.07) is 0.785. The molecule has 0 amide bonds. The highest BCUT2D eigenvalue weighted by molar-refractivity contribution is 14.1. The monoisotopic (exact) mass is 698 g/mol. The second-order valence-electron chi connectivity index (χ2n) is 15.3. The molecule has 42 heavy (non-hydrogen) atoms. The van der Waals surface area contributed by atoms with Crippen LogP contribution in [0, 0.1) is 23.7 Å². The largest absolute Gasteiger partial charge is 0.306 e. The van der Waals surface area contributed by atoms with Gasteiger partial charge in [-0.25, -0.2) is 13.5 Å². The Kier molecular flexibility index (Phi) is 12.2. The van der Waals surface area contributed by atoms with Gasteiger partial charge in [0.2, 0.25) is 0 Å². The zero-order chi connectivity index (χ0) is 28.9. The van der Waals surface area contributed by atoms with E-state index in [4.69, 9.17) is 0 Å². The number of piperidine rings is 4. The zero-order valence-corrected chi connectivity index (χ0v) is 29.3. The van der Waals surface area contributed by atoms with E-state index in [1.54, 1.807) is 0 Å². The predicted molar refractivity (Wildman–Crippen MR) is 183 cm³/mol. The molecule has 1 unspecified atom stereocenters. The van der Waals surface area contributed by atoms with Crippen LogP contribution in [-0.4, -0.2) is 157 Å². The molecule has 0 aliphatic carbocycles. The van der Waals surface area contributed by atoms with Crippen LogP contribution in [0.2, 0.25) is 0 Å². The molecule has 0 radical (unpaired) electrons. The van der Waals surface area contributed by atoms with Crippen LogP contribution >= 0.6 is 22.9 Å². The van der Waals surface area contributed by atoms with Gasteiger partial charge in [0, 0.05) is 81.3 Å². The number of nitrogens with zero attached hydrogens (tertiary/aromatic N) is 7. The van der Waals surface area contributed by atoms with E-state index in [1.807, 2.05) is 0 Å². The molecule has 1 N–H and O–H groups in total. The maximum Gasteiger partial charge on any atom is 0.0860 e. The van der Waals surface area contributed by atoms with E-state index in [2.05, 4.69) is 75.0 Å². The molecule has 6 rings (SSSR count). The highest BCUT2D eigenvalue weighted by atomic mass is 127. The summed E-state index contributed by atoms with van der Waals surface area (Å²) in [7, 11) is 4.59. The lowest BCUT2D eigenvalue weighted by Crippen LogP contribution is -2.68. The van der Waals surface area contributed by atoms with Crippen LogP contribution in [0.5, 0.6) is 0 Å². The SMILES string of the molecule is CN1CCC(C2CCN(CC3CN(NC4CN(C5CCN(C)CC5)CCN4CCCC4CCN(I)CC4)C3)CC2)CC1. The normalized spacial score (nSPS) is 31.6. The van der Waals surface area contributed by atoms with Crippen LogP contribution < -0.4 is 5.43 Å². The van der Waals surface area contributed by atoms with Crippen molar-refractivity contribution in [3.63, 3.8) is 0 Å². The standard InChI is InChI=1S/C33H63IN8/c1-36-14-7-30(8-15-36)31-9-18-38(19-10-31)24-29-25-42(26-29)35-33-27-40(32-11-16-37(2)17-12-32)23-22-39(33)13-3-4-28-5-20-41(34)21-6-28/h28-33,35H,3-27H2,1-2H3. The highest BCUT2D eigenvalue weighted by Crippen LogP contribution is 2.33.